The average molecular weight is 313 g/mol. The molecule has 0 radical (unpaired) electrons. The molecule has 0 aliphatic carbocycles. The van der Waals surface area contributed by atoms with E-state index in [1.807, 2.05) is 18.7 Å². The fraction of sp³-hybridized carbons (Fsp3) is 0.714. The number of guanidine groups is 1. The predicted molar refractivity (Wildman–Crippen MR) is 89.9 cm³/mol. The maximum atomic E-state index is 4.71. The van der Waals surface area contributed by atoms with Crippen molar-refractivity contribution in [3.8, 4) is 0 Å². The molecule has 0 saturated carbocycles. The molecule has 1 saturated heterocycles. The number of thioether (sulfide) groups is 1. The van der Waals surface area contributed by atoms with Gasteiger partial charge in [0.1, 0.15) is 0 Å². The zero-order valence-corrected chi connectivity index (χ0v) is 14.2. The number of rotatable bonds is 4. The zero-order chi connectivity index (χ0) is 14.4. The lowest BCUT2D eigenvalue weighted by molar-refractivity contribution is 0.582. The van der Waals surface area contributed by atoms with Crippen LogP contribution in [0.4, 0.5) is 0 Å². The lowest BCUT2D eigenvalue weighted by Crippen LogP contribution is -2.45. The molecule has 0 amide bonds. The van der Waals surface area contributed by atoms with Crippen LogP contribution < -0.4 is 10.6 Å². The number of aromatic nitrogens is 1. The summed E-state index contributed by atoms with van der Waals surface area (Å²) in [5, 5.41) is 8.02. The van der Waals surface area contributed by atoms with Crippen molar-refractivity contribution in [2.75, 3.05) is 18.1 Å². The van der Waals surface area contributed by atoms with Gasteiger partial charge in [0.25, 0.3) is 0 Å². The highest BCUT2D eigenvalue weighted by atomic mass is 32.2. The summed E-state index contributed by atoms with van der Waals surface area (Å²) < 4.78 is 0. The molecule has 2 heterocycles. The Bertz CT molecular complexity index is 450. The van der Waals surface area contributed by atoms with Crippen molar-refractivity contribution in [3.05, 3.63) is 15.6 Å². The summed E-state index contributed by atoms with van der Waals surface area (Å²) in [4.78, 5) is 10.4. The monoisotopic (exact) mass is 312 g/mol. The standard InChI is InChI=1S/C14H24N4S2/c1-4-15-14(18-12-6-5-7-19-9-12)16-8-13-10(2)17-11(3)20-13/h12H,4-9H2,1-3H3,(H2,15,16,18). The van der Waals surface area contributed by atoms with Gasteiger partial charge in [0.15, 0.2) is 5.96 Å². The summed E-state index contributed by atoms with van der Waals surface area (Å²) in [5.41, 5.74) is 1.11. The van der Waals surface area contributed by atoms with Crippen LogP contribution in [0.5, 0.6) is 0 Å². The molecule has 0 aromatic carbocycles. The number of nitrogens with one attached hydrogen (secondary N) is 2. The Morgan fingerprint density at radius 2 is 2.30 bits per heavy atom. The number of hydrogen-bond donors (Lipinski definition) is 2. The Labute approximate surface area is 129 Å². The third-order valence-corrected chi connectivity index (χ3v) is 5.50. The minimum absolute atomic E-state index is 0.552. The number of aryl methyl sites for hydroxylation is 2. The molecule has 20 heavy (non-hydrogen) atoms. The highest BCUT2D eigenvalue weighted by Crippen LogP contribution is 2.18. The Hall–Kier alpha value is -0.750. The van der Waals surface area contributed by atoms with Crippen LogP contribution in [0.3, 0.4) is 0 Å². The van der Waals surface area contributed by atoms with E-state index < -0.39 is 0 Å². The zero-order valence-electron chi connectivity index (χ0n) is 12.5. The fourth-order valence-corrected chi connectivity index (χ4v) is 4.17. The van der Waals surface area contributed by atoms with Gasteiger partial charge in [0.05, 0.1) is 17.2 Å². The van der Waals surface area contributed by atoms with Crippen molar-refractivity contribution < 1.29 is 0 Å². The van der Waals surface area contributed by atoms with Crippen LogP contribution in [-0.4, -0.2) is 35.0 Å². The van der Waals surface area contributed by atoms with E-state index in [0.29, 0.717) is 12.6 Å². The smallest absolute Gasteiger partial charge is 0.191 e. The topological polar surface area (TPSA) is 49.3 Å². The van der Waals surface area contributed by atoms with Gasteiger partial charge in [-0.2, -0.15) is 11.8 Å². The van der Waals surface area contributed by atoms with Crippen molar-refractivity contribution >= 4 is 29.1 Å². The van der Waals surface area contributed by atoms with Gasteiger partial charge in [-0.15, -0.1) is 11.3 Å². The summed E-state index contributed by atoms with van der Waals surface area (Å²) in [6, 6.07) is 0.552. The lowest BCUT2D eigenvalue weighted by Gasteiger charge is -2.24. The summed E-state index contributed by atoms with van der Waals surface area (Å²) in [5.74, 6) is 3.42. The van der Waals surface area contributed by atoms with Crippen molar-refractivity contribution in [1.29, 1.82) is 0 Å². The highest BCUT2D eigenvalue weighted by molar-refractivity contribution is 7.99. The second kappa shape index (κ2) is 7.88. The lowest BCUT2D eigenvalue weighted by atomic mass is 10.2. The molecule has 2 N–H and O–H groups in total. The molecule has 1 aliphatic heterocycles. The molecular formula is C14H24N4S2. The third kappa shape index (κ3) is 4.66. The Balaban J connectivity index is 1.95. The molecule has 1 aromatic heterocycles. The predicted octanol–water partition coefficient (Wildman–Crippen LogP) is 2.71. The normalized spacial score (nSPS) is 19.9. The Morgan fingerprint density at radius 3 is 2.90 bits per heavy atom. The van der Waals surface area contributed by atoms with Gasteiger partial charge in [-0.05, 0) is 39.4 Å². The first-order valence-corrected chi connectivity index (χ1v) is 9.21. The van der Waals surface area contributed by atoms with Crippen LogP contribution in [0.25, 0.3) is 0 Å². The maximum Gasteiger partial charge on any atom is 0.191 e. The molecule has 1 unspecified atom stereocenters. The minimum Gasteiger partial charge on any atom is -0.357 e. The molecular weight excluding hydrogens is 288 g/mol. The first-order chi connectivity index (χ1) is 9.69. The molecule has 1 atom stereocenters. The number of hydrogen-bond acceptors (Lipinski definition) is 4. The van der Waals surface area contributed by atoms with Crippen molar-refractivity contribution in [2.45, 2.75) is 46.2 Å². The molecule has 112 valence electrons. The van der Waals surface area contributed by atoms with E-state index in [9.17, 15) is 0 Å². The first kappa shape index (κ1) is 15.6. The van der Waals surface area contributed by atoms with Gasteiger partial charge in [0, 0.05) is 23.2 Å². The minimum atomic E-state index is 0.552. The SMILES string of the molecule is CCNC(=NCc1sc(C)nc1C)NC1CCCSC1. The van der Waals surface area contributed by atoms with Crippen LogP contribution in [0.1, 0.15) is 35.3 Å². The van der Waals surface area contributed by atoms with Crippen LogP contribution in [-0.2, 0) is 6.54 Å². The van der Waals surface area contributed by atoms with Gasteiger partial charge < -0.3 is 10.6 Å². The fourth-order valence-electron chi connectivity index (χ4n) is 2.24. The molecule has 2 rings (SSSR count). The van der Waals surface area contributed by atoms with E-state index in [4.69, 9.17) is 4.99 Å². The van der Waals surface area contributed by atoms with Crippen LogP contribution in [0, 0.1) is 13.8 Å². The summed E-state index contributed by atoms with van der Waals surface area (Å²) >= 11 is 3.77. The quantitative estimate of drug-likeness (QED) is 0.663. The largest absolute Gasteiger partial charge is 0.357 e. The summed E-state index contributed by atoms with van der Waals surface area (Å²) in [6.45, 7) is 7.83. The Kier molecular flexibility index (Phi) is 6.16. The first-order valence-electron chi connectivity index (χ1n) is 7.24. The van der Waals surface area contributed by atoms with Gasteiger partial charge in [-0.25, -0.2) is 9.98 Å². The maximum absolute atomic E-state index is 4.71. The van der Waals surface area contributed by atoms with Crippen molar-refractivity contribution in [1.82, 2.24) is 15.6 Å². The van der Waals surface area contributed by atoms with Gasteiger partial charge in [-0.1, -0.05) is 0 Å². The molecule has 1 fully saturated rings. The average Bonchev–Trinajstić information content (AvgIpc) is 2.76. The molecule has 1 aromatic rings. The van der Waals surface area contributed by atoms with E-state index in [-0.39, 0.29) is 0 Å². The highest BCUT2D eigenvalue weighted by Gasteiger charge is 2.14. The second-order valence-corrected chi connectivity index (χ2v) is 7.43. The van der Waals surface area contributed by atoms with E-state index in [1.54, 1.807) is 11.3 Å². The van der Waals surface area contributed by atoms with E-state index in [2.05, 4.69) is 29.5 Å². The van der Waals surface area contributed by atoms with E-state index >= 15 is 0 Å². The van der Waals surface area contributed by atoms with Crippen LogP contribution in [0.2, 0.25) is 0 Å². The second-order valence-electron chi connectivity index (χ2n) is 5.00. The number of thiazole rings is 1. The molecule has 0 bridgehead atoms. The van der Waals surface area contributed by atoms with Gasteiger partial charge in [-0.3, -0.25) is 0 Å². The van der Waals surface area contributed by atoms with Gasteiger partial charge >= 0.3 is 0 Å². The number of aliphatic imine (C=N–C) groups is 1. The summed E-state index contributed by atoms with van der Waals surface area (Å²) in [6.07, 6.45) is 2.55. The number of nitrogens with zero attached hydrogens (tertiary/aromatic N) is 2. The van der Waals surface area contributed by atoms with Crippen LogP contribution in [0.15, 0.2) is 4.99 Å². The Morgan fingerprint density at radius 1 is 1.45 bits per heavy atom. The van der Waals surface area contributed by atoms with E-state index in [1.165, 1.54) is 29.2 Å². The molecule has 4 nitrogen and oxygen atoms in total. The van der Waals surface area contributed by atoms with E-state index in [0.717, 1.165) is 23.2 Å². The van der Waals surface area contributed by atoms with Gasteiger partial charge in [0.2, 0.25) is 0 Å². The molecule has 6 heteroatoms. The summed E-state index contributed by atoms with van der Waals surface area (Å²) in [7, 11) is 0. The van der Waals surface area contributed by atoms with Crippen molar-refractivity contribution in [3.63, 3.8) is 0 Å². The molecule has 0 spiro atoms. The van der Waals surface area contributed by atoms with Crippen molar-refractivity contribution in [2.24, 2.45) is 4.99 Å². The molecule has 1 aliphatic rings. The third-order valence-electron chi connectivity index (χ3n) is 3.23. The van der Waals surface area contributed by atoms with Crippen LogP contribution >= 0.6 is 23.1 Å².